The van der Waals surface area contributed by atoms with Crippen molar-refractivity contribution in [3.63, 3.8) is 0 Å². The SMILES string of the molecule is O=C(CN1C(=O)c2ccccc2C1=O)N1CCn2ccnc2C1. The van der Waals surface area contributed by atoms with Crippen molar-refractivity contribution in [2.24, 2.45) is 0 Å². The van der Waals surface area contributed by atoms with Crippen LogP contribution in [-0.4, -0.2) is 50.2 Å². The zero-order valence-corrected chi connectivity index (χ0v) is 12.3. The van der Waals surface area contributed by atoms with E-state index in [1.807, 2.05) is 10.8 Å². The number of carbonyl (C=O) groups is 3. The molecule has 23 heavy (non-hydrogen) atoms. The van der Waals surface area contributed by atoms with E-state index >= 15 is 0 Å². The summed E-state index contributed by atoms with van der Waals surface area (Å²) in [4.78, 5) is 43.9. The highest BCUT2D eigenvalue weighted by Crippen LogP contribution is 2.22. The van der Waals surface area contributed by atoms with E-state index in [0.29, 0.717) is 30.8 Å². The molecule has 0 N–H and O–H groups in total. The topological polar surface area (TPSA) is 75.5 Å². The van der Waals surface area contributed by atoms with Crippen LogP contribution in [0.1, 0.15) is 26.5 Å². The lowest BCUT2D eigenvalue weighted by Crippen LogP contribution is -2.45. The molecule has 3 amide bonds. The van der Waals surface area contributed by atoms with Crippen molar-refractivity contribution < 1.29 is 14.4 Å². The van der Waals surface area contributed by atoms with Gasteiger partial charge in [-0.25, -0.2) is 4.98 Å². The molecule has 2 aliphatic heterocycles. The number of amides is 3. The summed E-state index contributed by atoms with van der Waals surface area (Å²) < 4.78 is 1.99. The van der Waals surface area contributed by atoms with Gasteiger partial charge in [0.05, 0.1) is 17.7 Å². The Morgan fingerprint density at radius 1 is 1.09 bits per heavy atom. The molecule has 0 saturated heterocycles. The third-order valence-electron chi connectivity index (χ3n) is 4.27. The van der Waals surface area contributed by atoms with E-state index in [1.165, 1.54) is 0 Å². The van der Waals surface area contributed by atoms with Crippen molar-refractivity contribution in [2.75, 3.05) is 13.1 Å². The Hall–Kier alpha value is -2.96. The predicted molar refractivity (Wildman–Crippen MR) is 79.5 cm³/mol. The first-order valence-corrected chi connectivity index (χ1v) is 7.38. The summed E-state index contributed by atoms with van der Waals surface area (Å²) in [5.41, 5.74) is 0.721. The molecule has 7 heteroatoms. The molecule has 0 radical (unpaired) electrons. The zero-order chi connectivity index (χ0) is 16.0. The molecular formula is C16H14N4O3. The van der Waals surface area contributed by atoms with E-state index in [1.54, 1.807) is 35.4 Å². The molecule has 116 valence electrons. The van der Waals surface area contributed by atoms with Gasteiger partial charge in [0.1, 0.15) is 12.4 Å². The van der Waals surface area contributed by atoms with Gasteiger partial charge in [0.2, 0.25) is 5.91 Å². The summed E-state index contributed by atoms with van der Waals surface area (Å²) in [5, 5.41) is 0. The van der Waals surface area contributed by atoms with Crippen LogP contribution < -0.4 is 0 Å². The van der Waals surface area contributed by atoms with Gasteiger partial charge in [0.15, 0.2) is 0 Å². The van der Waals surface area contributed by atoms with Gasteiger partial charge in [0.25, 0.3) is 11.8 Å². The molecule has 3 heterocycles. The number of fused-ring (bicyclic) bond motifs is 2. The summed E-state index contributed by atoms with van der Waals surface area (Å²) in [6.45, 7) is 1.39. The van der Waals surface area contributed by atoms with E-state index in [0.717, 1.165) is 10.7 Å². The molecule has 0 fully saturated rings. The van der Waals surface area contributed by atoms with Crippen molar-refractivity contribution in [3.05, 3.63) is 53.6 Å². The Kier molecular flexibility index (Phi) is 3.00. The van der Waals surface area contributed by atoms with Crippen LogP contribution in [0.5, 0.6) is 0 Å². The maximum atomic E-state index is 12.5. The minimum atomic E-state index is -0.405. The van der Waals surface area contributed by atoms with Crippen molar-refractivity contribution in [2.45, 2.75) is 13.1 Å². The molecule has 7 nitrogen and oxygen atoms in total. The lowest BCUT2D eigenvalue weighted by atomic mass is 10.1. The first-order chi connectivity index (χ1) is 11.1. The van der Waals surface area contributed by atoms with E-state index < -0.39 is 11.8 Å². The highest BCUT2D eigenvalue weighted by atomic mass is 16.2. The van der Waals surface area contributed by atoms with Crippen LogP contribution in [0.15, 0.2) is 36.7 Å². The van der Waals surface area contributed by atoms with Crippen molar-refractivity contribution >= 4 is 17.7 Å². The molecular weight excluding hydrogens is 296 g/mol. The van der Waals surface area contributed by atoms with E-state index in [9.17, 15) is 14.4 Å². The number of hydrogen-bond acceptors (Lipinski definition) is 4. The Labute approximate surface area is 132 Å². The molecule has 1 aromatic carbocycles. The van der Waals surface area contributed by atoms with E-state index in [2.05, 4.69) is 4.98 Å². The third-order valence-corrected chi connectivity index (χ3v) is 4.27. The molecule has 2 aromatic rings. The summed E-state index contributed by atoms with van der Waals surface area (Å²) in [7, 11) is 0. The minimum absolute atomic E-state index is 0.229. The first-order valence-electron chi connectivity index (χ1n) is 7.38. The van der Waals surface area contributed by atoms with Gasteiger partial charge in [-0.05, 0) is 12.1 Å². The van der Waals surface area contributed by atoms with Gasteiger partial charge in [0, 0.05) is 25.5 Å². The van der Waals surface area contributed by atoms with Gasteiger partial charge in [-0.2, -0.15) is 0 Å². The minimum Gasteiger partial charge on any atom is -0.332 e. The van der Waals surface area contributed by atoms with Crippen LogP contribution in [-0.2, 0) is 17.9 Å². The first kappa shape index (κ1) is 13.7. The van der Waals surface area contributed by atoms with Crippen molar-refractivity contribution in [1.29, 1.82) is 0 Å². The summed E-state index contributed by atoms with van der Waals surface area (Å²) in [6.07, 6.45) is 3.58. The zero-order valence-electron chi connectivity index (χ0n) is 12.3. The monoisotopic (exact) mass is 310 g/mol. The fraction of sp³-hybridized carbons (Fsp3) is 0.250. The largest absolute Gasteiger partial charge is 0.332 e. The van der Waals surface area contributed by atoms with Gasteiger partial charge in [-0.1, -0.05) is 12.1 Å². The van der Waals surface area contributed by atoms with Gasteiger partial charge >= 0.3 is 0 Å². The predicted octanol–water partition coefficient (Wildman–Crippen LogP) is 0.522. The van der Waals surface area contributed by atoms with Crippen LogP contribution in [0.25, 0.3) is 0 Å². The fourth-order valence-electron chi connectivity index (χ4n) is 3.00. The van der Waals surface area contributed by atoms with Crippen LogP contribution in [0.2, 0.25) is 0 Å². The molecule has 1 aromatic heterocycles. The molecule has 0 spiro atoms. The van der Waals surface area contributed by atoms with Gasteiger partial charge < -0.3 is 9.47 Å². The average molecular weight is 310 g/mol. The third kappa shape index (κ3) is 2.12. The quantitative estimate of drug-likeness (QED) is 0.758. The molecule has 0 atom stereocenters. The maximum Gasteiger partial charge on any atom is 0.262 e. The number of benzene rings is 1. The molecule has 0 saturated carbocycles. The average Bonchev–Trinajstić information content (AvgIpc) is 3.13. The molecule has 0 unspecified atom stereocenters. The number of aromatic nitrogens is 2. The van der Waals surface area contributed by atoms with Gasteiger partial charge in [-0.15, -0.1) is 0 Å². The van der Waals surface area contributed by atoms with Crippen LogP contribution >= 0.6 is 0 Å². The highest BCUT2D eigenvalue weighted by molar-refractivity contribution is 6.22. The highest BCUT2D eigenvalue weighted by Gasteiger charge is 2.37. The van der Waals surface area contributed by atoms with Crippen LogP contribution in [0, 0.1) is 0 Å². The number of carbonyl (C=O) groups excluding carboxylic acids is 3. The van der Waals surface area contributed by atoms with E-state index in [-0.39, 0.29) is 12.5 Å². The Bertz CT molecular complexity index is 791. The van der Waals surface area contributed by atoms with Crippen molar-refractivity contribution in [1.82, 2.24) is 19.4 Å². The number of nitrogens with zero attached hydrogens (tertiary/aromatic N) is 4. The van der Waals surface area contributed by atoms with Crippen molar-refractivity contribution in [3.8, 4) is 0 Å². The summed E-state index contributed by atoms with van der Waals surface area (Å²) >= 11 is 0. The smallest absolute Gasteiger partial charge is 0.262 e. The summed E-state index contributed by atoms with van der Waals surface area (Å²) in [5.74, 6) is -0.240. The second-order valence-electron chi connectivity index (χ2n) is 5.59. The second kappa shape index (κ2) is 5.05. The Morgan fingerprint density at radius 3 is 2.48 bits per heavy atom. The molecule has 4 rings (SSSR count). The lowest BCUT2D eigenvalue weighted by molar-refractivity contribution is -0.133. The number of imidazole rings is 1. The maximum absolute atomic E-state index is 12.5. The van der Waals surface area contributed by atoms with Gasteiger partial charge in [-0.3, -0.25) is 19.3 Å². The number of imide groups is 1. The van der Waals surface area contributed by atoms with E-state index in [4.69, 9.17) is 0 Å². The normalized spacial score (nSPS) is 16.5. The van der Waals surface area contributed by atoms with Crippen LogP contribution in [0.4, 0.5) is 0 Å². The lowest BCUT2D eigenvalue weighted by Gasteiger charge is -2.28. The standard InChI is InChI=1S/C16H14N4O3/c21-14(19-8-7-18-6-5-17-13(18)9-19)10-20-15(22)11-3-1-2-4-12(11)16(20)23/h1-6H,7-10H2. The second-order valence-corrected chi connectivity index (χ2v) is 5.59. The Morgan fingerprint density at radius 2 is 1.78 bits per heavy atom. The molecule has 2 aliphatic rings. The van der Waals surface area contributed by atoms with Crippen LogP contribution in [0.3, 0.4) is 0 Å². The summed E-state index contributed by atoms with van der Waals surface area (Å²) in [6, 6.07) is 6.63. The molecule has 0 bridgehead atoms. The fourth-order valence-corrected chi connectivity index (χ4v) is 3.00. The number of hydrogen-bond donors (Lipinski definition) is 0. The molecule has 0 aliphatic carbocycles. The number of rotatable bonds is 2. The Balaban J connectivity index is 1.50.